The number of aryl methyl sites for hydroxylation is 1. The maximum absolute atomic E-state index is 9.10. The van der Waals surface area contributed by atoms with E-state index in [0.717, 1.165) is 22.4 Å². The molecule has 1 aromatic heterocycles. The Hall–Kier alpha value is -1.81. The van der Waals surface area contributed by atoms with Gasteiger partial charge in [0.2, 0.25) is 0 Å². The van der Waals surface area contributed by atoms with Crippen LogP contribution >= 0.6 is 0 Å². The molecule has 0 fully saturated rings. The Morgan fingerprint density at radius 2 is 2.24 bits per heavy atom. The van der Waals surface area contributed by atoms with Crippen LogP contribution < -0.4 is 4.74 Å². The molecule has 0 aliphatic rings. The minimum Gasteiger partial charge on any atom is -0.497 e. The number of hydrogen-bond donors (Lipinski definition) is 1. The van der Waals surface area contributed by atoms with Crippen LogP contribution in [-0.2, 0) is 13.5 Å². The zero-order valence-electron chi connectivity index (χ0n) is 10.1. The molecule has 1 N–H and O–H groups in total. The molecule has 4 heteroatoms. The molecule has 0 aliphatic heterocycles. The molecule has 1 aromatic carbocycles. The van der Waals surface area contributed by atoms with Gasteiger partial charge in [0.25, 0.3) is 0 Å². The van der Waals surface area contributed by atoms with E-state index in [2.05, 4.69) is 5.10 Å². The smallest absolute Gasteiger partial charge is 0.119 e. The summed E-state index contributed by atoms with van der Waals surface area (Å²) in [7, 11) is 3.53. The summed E-state index contributed by atoms with van der Waals surface area (Å²) in [5.41, 5.74) is 3.21. The number of methoxy groups -OCH3 is 1. The highest BCUT2D eigenvalue weighted by atomic mass is 16.5. The molecule has 0 saturated heterocycles. The Kier molecular flexibility index (Phi) is 3.44. The van der Waals surface area contributed by atoms with Crippen molar-refractivity contribution < 1.29 is 9.84 Å². The zero-order valence-corrected chi connectivity index (χ0v) is 10.1. The highest BCUT2D eigenvalue weighted by molar-refractivity contribution is 5.67. The molecule has 0 unspecified atom stereocenters. The molecule has 1 heterocycles. The van der Waals surface area contributed by atoms with E-state index in [1.807, 2.05) is 37.6 Å². The zero-order chi connectivity index (χ0) is 12.3. The molecule has 0 spiro atoms. The fourth-order valence-electron chi connectivity index (χ4n) is 1.87. The van der Waals surface area contributed by atoms with Crippen molar-refractivity contribution >= 4 is 0 Å². The molecule has 0 bridgehead atoms. The molecular formula is C13H16N2O2. The molecule has 0 radical (unpaired) electrons. The van der Waals surface area contributed by atoms with Crippen molar-refractivity contribution in [3.05, 3.63) is 36.2 Å². The third kappa shape index (κ3) is 2.47. The number of rotatable bonds is 4. The molecule has 0 amide bonds. The molecule has 17 heavy (non-hydrogen) atoms. The van der Waals surface area contributed by atoms with Gasteiger partial charge in [0, 0.05) is 25.4 Å². The van der Waals surface area contributed by atoms with Crippen LogP contribution in [0, 0.1) is 0 Å². The first-order valence-corrected chi connectivity index (χ1v) is 5.51. The predicted molar refractivity (Wildman–Crippen MR) is 66.0 cm³/mol. The maximum Gasteiger partial charge on any atom is 0.119 e. The first kappa shape index (κ1) is 11.7. The molecule has 0 saturated carbocycles. The lowest BCUT2D eigenvalue weighted by atomic mass is 10.00. The summed E-state index contributed by atoms with van der Waals surface area (Å²) >= 11 is 0. The second-order valence-corrected chi connectivity index (χ2v) is 3.90. The van der Waals surface area contributed by atoms with E-state index in [4.69, 9.17) is 9.84 Å². The minimum atomic E-state index is 0.125. The van der Waals surface area contributed by atoms with Crippen LogP contribution in [0.5, 0.6) is 5.75 Å². The van der Waals surface area contributed by atoms with Crippen molar-refractivity contribution in [3.8, 4) is 16.9 Å². The quantitative estimate of drug-likeness (QED) is 0.871. The number of aliphatic hydroxyl groups excluding tert-OH is 1. The van der Waals surface area contributed by atoms with E-state index in [9.17, 15) is 0 Å². The fourth-order valence-corrected chi connectivity index (χ4v) is 1.87. The second-order valence-electron chi connectivity index (χ2n) is 3.90. The largest absolute Gasteiger partial charge is 0.497 e. The van der Waals surface area contributed by atoms with Gasteiger partial charge in [-0.3, -0.25) is 4.68 Å². The monoisotopic (exact) mass is 232 g/mol. The number of aliphatic hydroxyl groups is 1. The van der Waals surface area contributed by atoms with Crippen molar-refractivity contribution in [2.75, 3.05) is 13.7 Å². The summed E-state index contributed by atoms with van der Waals surface area (Å²) in [6, 6.07) is 5.88. The second kappa shape index (κ2) is 5.01. The van der Waals surface area contributed by atoms with Crippen LogP contribution in [-0.4, -0.2) is 28.6 Å². The topological polar surface area (TPSA) is 47.3 Å². The van der Waals surface area contributed by atoms with E-state index >= 15 is 0 Å². The fraction of sp³-hybridized carbons (Fsp3) is 0.308. The van der Waals surface area contributed by atoms with Crippen LogP contribution in [0.3, 0.4) is 0 Å². The summed E-state index contributed by atoms with van der Waals surface area (Å²) < 4.78 is 6.96. The summed E-state index contributed by atoms with van der Waals surface area (Å²) in [4.78, 5) is 0. The normalized spacial score (nSPS) is 10.5. The molecule has 0 atom stereocenters. The third-order valence-corrected chi connectivity index (χ3v) is 2.71. The molecule has 2 aromatic rings. The maximum atomic E-state index is 9.10. The van der Waals surface area contributed by atoms with E-state index in [1.165, 1.54) is 0 Å². The Morgan fingerprint density at radius 1 is 1.41 bits per heavy atom. The van der Waals surface area contributed by atoms with Gasteiger partial charge >= 0.3 is 0 Å². The van der Waals surface area contributed by atoms with Gasteiger partial charge in [0.05, 0.1) is 13.3 Å². The van der Waals surface area contributed by atoms with Crippen LogP contribution in [0.4, 0.5) is 0 Å². The summed E-state index contributed by atoms with van der Waals surface area (Å²) in [5.74, 6) is 0.807. The number of hydrogen-bond acceptors (Lipinski definition) is 3. The van der Waals surface area contributed by atoms with Crippen LogP contribution in [0.15, 0.2) is 30.6 Å². The van der Waals surface area contributed by atoms with E-state index in [-0.39, 0.29) is 6.61 Å². The number of benzene rings is 1. The van der Waals surface area contributed by atoms with Crippen LogP contribution in [0.1, 0.15) is 5.56 Å². The van der Waals surface area contributed by atoms with Crippen molar-refractivity contribution in [2.24, 2.45) is 7.05 Å². The Bertz CT molecular complexity index is 506. The van der Waals surface area contributed by atoms with Gasteiger partial charge in [-0.25, -0.2) is 0 Å². The van der Waals surface area contributed by atoms with Crippen molar-refractivity contribution in [3.63, 3.8) is 0 Å². The predicted octanol–water partition coefficient (Wildman–Crippen LogP) is 1.63. The highest BCUT2D eigenvalue weighted by Gasteiger charge is 2.08. The van der Waals surface area contributed by atoms with Gasteiger partial charge in [-0.15, -0.1) is 0 Å². The SMILES string of the molecule is COc1ccc(-c2cnn(C)c2)c(CCO)c1. The van der Waals surface area contributed by atoms with Gasteiger partial charge in [-0.1, -0.05) is 6.07 Å². The van der Waals surface area contributed by atoms with E-state index in [1.54, 1.807) is 11.8 Å². The number of aromatic nitrogens is 2. The average molecular weight is 232 g/mol. The summed E-state index contributed by atoms with van der Waals surface area (Å²) in [6.45, 7) is 0.125. The van der Waals surface area contributed by atoms with Crippen molar-refractivity contribution in [2.45, 2.75) is 6.42 Å². The van der Waals surface area contributed by atoms with Crippen molar-refractivity contribution in [1.82, 2.24) is 9.78 Å². The number of ether oxygens (including phenoxy) is 1. The van der Waals surface area contributed by atoms with Crippen LogP contribution in [0.25, 0.3) is 11.1 Å². The van der Waals surface area contributed by atoms with Crippen molar-refractivity contribution in [1.29, 1.82) is 0 Å². The number of nitrogens with zero attached hydrogens (tertiary/aromatic N) is 2. The molecular weight excluding hydrogens is 216 g/mol. The van der Waals surface area contributed by atoms with Gasteiger partial charge in [0.1, 0.15) is 5.75 Å². The lowest BCUT2D eigenvalue weighted by molar-refractivity contribution is 0.299. The Labute approximate surface area is 100 Å². The van der Waals surface area contributed by atoms with Gasteiger partial charge in [0.15, 0.2) is 0 Å². The first-order chi connectivity index (χ1) is 8.24. The summed E-state index contributed by atoms with van der Waals surface area (Å²) in [6.07, 6.45) is 4.40. The summed E-state index contributed by atoms with van der Waals surface area (Å²) in [5, 5.41) is 13.3. The lowest BCUT2D eigenvalue weighted by Gasteiger charge is -2.09. The molecule has 4 nitrogen and oxygen atoms in total. The highest BCUT2D eigenvalue weighted by Crippen LogP contribution is 2.27. The molecule has 0 aliphatic carbocycles. The van der Waals surface area contributed by atoms with Gasteiger partial charge in [-0.2, -0.15) is 5.10 Å². The Morgan fingerprint density at radius 3 is 2.82 bits per heavy atom. The van der Waals surface area contributed by atoms with E-state index in [0.29, 0.717) is 6.42 Å². The third-order valence-electron chi connectivity index (χ3n) is 2.71. The molecule has 90 valence electrons. The average Bonchev–Trinajstić information content (AvgIpc) is 2.76. The lowest BCUT2D eigenvalue weighted by Crippen LogP contribution is -1.95. The Balaban J connectivity index is 2.45. The van der Waals surface area contributed by atoms with E-state index < -0.39 is 0 Å². The van der Waals surface area contributed by atoms with Gasteiger partial charge in [-0.05, 0) is 29.7 Å². The van der Waals surface area contributed by atoms with Crippen LogP contribution in [0.2, 0.25) is 0 Å². The standard InChI is InChI=1S/C13H16N2O2/c1-15-9-11(8-14-15)13-4-3-12(17-2)7-10(13)5-6-16/h3-4,7-9,16H,5-6H2,1-2H3. The molecule has 2 rings (SSSR count). The minimum absolute atomic E-state index is 0.125. The first-order valence-electron chi connectivity index (χ1n) is 5.51. The van der Waals surface area contributed by atoms with Gasteiger partial charge < -0.3 is 9.84 Å².